The van der Waals surface area contributed by atoms with Crippen LogP contribution in [0.3, 0.4) is 0 Å². The lowest BCUT2D eigenvalue weighted by atomic mass is 9.93. The lowest BCUT2D eigenvalue weighted by Gasteiger charge is -2.37. The maximum absolute atomic E-state index is 13.1. The molecular formula is C20H28N4O2. The SMILES string of the molecule is O=C(C1CCCC1)N1CCN(C(=O)C2CNNC2c2ccccc2)CC1. The molecule has 6 heteroatoms. The van der Waals surface area contributed by atoms with Gasteiger partial charge in [0, 0.05) is 38.6 Å². The van der Waals surface area contributed by atoms with E-state index in [4.69, 9.17) is 0 Å². The molecule has 2 saturated heterocycles. The fraction of sp³-hybridized carbons (Fsp3) is 0.600. The Bertz CT molecular complexity index is 636. The van der Waals surface area contributed by atoms with E-state index in [1.54, 1.807) is 0 Å². The minimum Gasteiger partial charge on any atom is -0.339 e. The summed E-state index contributed by atoms with van der Waals surface area (Å²) < 4.78 is 0. The van der Waals surface area contributed by atoms with Gasteiger partial charge in [-0.25, -0.2) is 5.43 Å². The van der Waals surface area contributed by atoms with Gasteiger partial charge >= 0.3 is 0 Å². The van der Waals surface area contributed by atoms with Crippen LogP contribution in [-0.4, -0.2) is 54.3 Å². The highest BCUT2D eigenvalue weighted by Crippen LogP contribution is 2.28. The monoisotopic (exact) mass is 356 g/mol. The van der Waals surface area contributed by atoms with Crippen molar-refractivity contribution in [1.29, 1.82) is 0 Å². The Morgan fingerprint density at radius 1 is 0.885 bits per heavy atom. The second-order valence-corrected chi connectivity index (χ2v) is 7.65. The Balaban J connectivity index is 1.35. The molecule has 1 aliphatic carbocycles. The number of nitrogens with one attached hydrogen (secondary N) is 2. The van der Waals surface area contributed by atoms with Crippen molar-refractivity contribution in [2.24, 2.45) is 11.8 Å². The predicted molar refractivity (Wildman–Crippen MR) is 98.9 cm³/mol. The highest BCUT2D eigenvalue weighted by Gasteiger charge is 2.38. The molecule has 26 heavy (non-hydrogen) atoms. The summed E-state index contributed by atoms with van der Waals surface area (Å²) in [5.41, 5.74) is 7.52. The zero-order chi connectivity index (χ0) is 17.9. The summed E-state index contributed by atoms with van der Waals surface area (Å²) in [6.07, 6.45) is 4.43. The van der Waals surface area contributed by atoms with Gasteiger partial charge in [0.05, 0.1) is 12.0 Å². The summed E-state index contributed by atoms with van der Waals surface area (Å²) in [7, 11) is 0. The molecule has 1 aromatic carbocycles. The van der Waals surface area contributed by atoms with Gasteiger partial charge in [0.15, 0.2) is 0 Å². The lowest BCUT2D eigenvalue weighted by molar-refractivity contribution is -0.144. The second-order valence-electron chi connectivity index (χ2n) is 7.65. The van der Waals surface area contributed by atoms with Crippen LogP contribution in [0.2, 0.25) is 0 Å². The molecule has 1 saturated carbocycles. The molecule has 140 valence electrons. The van der Waals surface area contributed by atoms with Crippen LogP contribution in [0.15, 0.2) is 30.3 Å². The first-order chi connectivity index (χ1) is 12.7. The van der Waals surface area contributed by atoms with Crippen molar-refractivity contribution in [3.63, 3.8) is 0 Å². The van der Waals surface area contributed by atoms with Gasteiger partial charge in [0.25, 0.3) is 0 Å². The number of amides is 2. The summed E-state index contributed by atoms with van der Waals surface area (Å²) >= 11 is 0. The Morgan fingerprint density at radius 3 is 2.15 bits per heavy atom. The molecule has 2 heterocycles. The Hall–Kier alpha value is -1.92. The van der Waals surface area contributed by atoms with Gasteiger partial charge in [-0.1, -0.05) is 43.2 Å². The highest BCUT2D eigenvalue weighted by atomic mass is 16.2. The molecule has 0 spiro atoms. The number of piperazine rings is 1. The molecule has 4 rings (SSSR count). The van der Waals surface area contributed by atoms with Crippen molar-refractivity contribution in [2.45, 2.75) is 31.7 Å². The summed E-state index contributed by atoms with van der Waals surface area (Å²) in [6, 6.07) is 10.1. The topological polar surface area (TPSA) is 64.7 Å². The van der Waals surface area contributed by atoms with E-state index in [0.717, 1.165) is 18.4 Å². The van der Waals surface area contributed by atoms with Gasteiger partial charge in [0.2, 0.25) is 11.8 Å². The van der Waals surface area contributed by atoms with Crippen LogP contribution >= 0.6 is 0 Å². The van der Waals surface area contributed by atoms with Crippen LogP contribution in [0.25, 0.3) is 0 Å². The molecule has 0 radical (unpaired) electrons. The maximum atomic E-state index is 13.1. The molecule has 0 aromatic heterocycles. The van der Waals surface area contributed by atoms with Gasteiger partial charge in [-0.15, -0.1) is 0 Å². The predicted octanol–water partition coefficient (Wildman–Crippen LogP) is 1.31. The van der Waals surface area contributed by atoms with Crippen LogP contribution in [0.1, 0.15) is 37.3 Å². The minimum atomic E-state index is -0.102. The van der Waals surface area contributed by atoms with Gasteiger partial charge in [0.1, 0.15) is 0 Å². The molecule has 2 N–H and O–H groups in total. The number of hydrazine groups is 1. The van der Waals surface area contributed by atoms with Crippen molar-refractivity contribution in [1.82, 2.24) is 20.7 Å². The zero-order valence-corrected chi connectivity index (χ0v) is 15.2. The molecule has 6 nitrogen and oxygen atoms in total. The van der Waals surface area contributed by atoms with Gasteiger partial charge in [-0.2, -0.15) is 0 Å². The smallest absolute Gasteiger partial charge is 0.229 e. The summed E-state index contributed by atoms with van der Waals surface area (Å²) in [6.45, 7) is 3.28. The fourth-order valence-electron chi connectivity index (χ4n) is 4.52. The number of hydrogen-bond acceptors (Lipinski definition) is 4. The average molecular weight is 356 g/mol. The minimum absolute atomic E-state index is 0.00171. The van der Waals surface area contributed by atoms with E-state index in [1.807, 2.05) is 28.0 Å². The first-order valence-electron chi connectivity index (χ1n) is 9.85. The van der Waals surface area contributed by atoms with Gasteiger partial charge in [-0.05, 0) is 18.4 Å². The van der Waals surface area contributed by atoms with Crippen LogP contribution < -0.4 is 10.9 Å². The number of carbonyl (C=O) groups excluding carboxylic acids is 2. The molecule has 0 bridgehead atoms. The summed E-state index contributed by atoms with van der Waals surface area (Å²) in [4.78, 5) is 29.5. The Morgan fingerprint density at radius 2 is 1.50 bits per heavy atom. The van der Waals surface area contributed by atoms with E-state index in [0.29, 0.717) is 38.6 Å². The summed E-state index contributed by atoms with van der Waals surface area (Å²) in [5, 5.41) is 0. The molecule has 1 aromatic rings. The van der Waals surface area contributed by atoms with Gasteiger partial charge < -0.3 is 9.80 Å². The Kier molecular flexibility index (Phi) is 5.22. The summed E-state index contributed by atoms with van der Waals surface area (Å²) in [5.74, 6) is 0.614. The number of carbonyl (C=O) groups is 2. The largest absolute Gasteiger partial charge is 0.339 e. The van der Waals surface area contributed by atoms with E-state index in [2.05, 4.69) is 23.0 Å². The van der Waals surface area contributed by atoms with E-state index in [1.165, 1.54) is 12.8 Å². The van der Waals surface area contributed by atoms with Crippen molar-refractivity contribution >= 4 is 11.8 Å². The number of nitrogens with zero attached hydrogens (tertiary/aromatic N) is 2. The van der Waals surface area contributed by atoms with Crippen molar-refractivity contribution in [2.75, 3.05) is 32.7 Å². The van der Waals surface area contributed by atoms with Crippen molar-refractivity contribution in [3.8, 4) is 0 Å². The normalized spacial score (nSPS) is 27.1. The molecule has 2 aliphatic heterocycles. The lowest BCUT2D eigenvalue weighted by Crippen LogP contribution is -2.53. The van der Waals surface area contributed by atoms with Crippen LogP contribution in [0.4, 0.5) is 0 Å². The van der Waals surface area contributed by atoms with Crippen molar-refractivity contribution < 1.29 is 9.59 Å². The zero-order valence-electron chi connectivity index (χ0n) is 15.2. The Labute approximate surface area is 154 Å². The number of benzene rings is 1. The van der Waals surface area contributed by atoms with Crippen LogP contribution in [-0.2, 0) is 9.59 Å². The van der Waals surface area contributed by atoms with Crippen LogP contribution in [0.5, 0.6) is 0 Å². The van der Waals surface area contributed by atoms with Gasteiger partial charge in [-0.3, -0.25) is 15.0 Å². The third kappa shape index (κ3) is 3.48. The first kappa shape index (κ1) is 17.5. The third-order valence-corrected chi connectivity index (χ3v) is 6.07. The molecule has 2 amide bonds. The quantitative estimate of drug-likeness (QED) is 0.857. The highest BCUT2D eigenvalue weighted by molar-refractivity contribution is 5.82. The van der Waals surface area contributed by atoms with Crippen molar-refractivity contribution in [3.05, 3.63) is 35.9 Å². The van der Waals surface area contributed by atoms with E-state index < -0.39 is 0 Å². The molecular weight excluding hydrogens is 328 g/mol. The van der Waals surface area contributed by atoms with E-state index in [9.17, 15) is 9.59 Å². The average Bonchev–Trinajstić information content (AvgIpc) is 3.39. The van der Waals surface area contributed by atoms with E-state index >= 15 is 0 Å². The maximum Gasteiger partial charge on any atom is 0.229 e. The fourth-order valence-corrected chi connectivity index (χ4v) is 4.52. The second kappa shape index (κ2) is 7.76. The van der Waals surface area contributed by atoms with Crippen LogP contribution in [0, 0.1) is 11.8 Å². The standard InChI is InChI=1S/C20H28N4O2/c25-19(16-8-4-5-9-16)23-10-12-24(13-11-23)20(26)17-14-21-22-18(17)15-6-2-1-3-7-15/h1-3,6-7,16-18,21-22H,4-5,8-14H2. The third-order valence-electron chi connectivity index (χ3n) is 6.07. The molecule has 2 atom stereocenters. The number of hydrogen-bond donors (Lipinski definition) is 2. The molecule has 2 unspecified atom stereocenters. The van der Waals surface area contributed by atoms with E-state index in [-0.39, 0.29) is 23.8 Å². The first-order valence-corrected chi connectivity index (χ1v) is 9.85. The number of rotatable bonds is 3. The molecule has 3 fully saturated rings. The molecule has 3 aliphatic rings.